The number of carboxylic acids is 1. The maximum absolute atomic E-state index is 13.5. The van der Waals surface area contributed by atoms with Crippen molar-refractivity contribution >= 4 is 17.3 Å². The van der Waals surface area contributed by atoms with Crippen LogP contribution in [-0.2, 0) is 0 Å². The van der Waals surface area contributed by atoms with Gasteiger partial charge in [0.2, 0.25) is 0 Å². The summed E-state index contributed by atoms with van der Waals surface area (Å²) in [6, 6.07) is 5.81. The van der Waals surface area contributed by atoms with Crippen LogP contribution in [0.3, 0.4) is 0 Å². The maximum Gasteiger partial charge on any atom is 0.335 e. The molecule has 19 heavy (non-hydrogen) atoms. The molecule has 0 spiro atoms. The van der Waals surface area contributed by atoms with E-state index >= 15 is 0 Å². The predicted molar refractivity (Wildman–Crippen MR) is 63.0 cm³/mol. The first kappa shape index (κ1) is 12.9. The third-order valence-corrected chi connectivity index (χ3v) is 2.41. The number of rotatable bonds is 3. The number of aromatic carboxylic acids is 1. The van der Waals surface area contributed by atoms with Crippen LogP contribution in [0.5, 0.6) is 0 Å². The quantitative estimate of drug-likeness (QED) is 0.894. The molecule has 0 aliphatic carbocycles. The minimum Gasteiger partial charge on any atom is -0.478 e. The molecule has 0 aliphatic rings. The van der Waals surface area contributed by atoms with Gasteiger partial charge in [-0.3, -0.25) is 0 Å². The zero-order chi connectivity index (χ0) is 14.0. The van der Waals surface area contributed by atoms with Crippen LogP contribution in [0.25, 0.3) is 0 Å². The highest BCUT2D eigenvalue weighted by Gasteiger charge is 2.10. The molecule has 6 heteroatoms. The number of halogens is 3. The first-order valence-corrected chi connectivity index (χ1v) is 5.22. The van der Waals surface area contributed by atoms with Crippen LogP contribution in [-0.4, -0.2) is 11.1 Å². The second-order valence-electron chi connectivity index (χ2n) is 3.75. The van der Waals surface area contributed by atoms with E-state index in [2.05, 4.69) is 5.32 Å². The molecule has 0 aromatic heterocycles. The Balaban J connectivity index is 2.37. The van der Waals surface area contributed by atoms with Crippen molar-refractivity contribution in [2.24, 2.45) is 0 Å². The summed E-state index contributed by atoms with van der Waals surface area (Å²) < 4.78 is 39.6. The summed E-state index contributed by atoms with van der Waals surface area (Å²) in [5.74, 6) is -3.64. The smallest absolute Gasteiger partial charge is 0.335 e. The molecule has 0 unspecified atom stereocenters. The van der Waals surface area contributed by atoms with Crippen molar-refractivity contribution in [2.75, 3.05) is 5.32 Å². The van der Waals surface area contributed by atoms with Gasteiger partial charge in [-0.2, -0.15) is 0 Å². The van der Waals surface area contributed by atoms with Crippen molar-refractivity contribution < 1.29 is 23.1 Å². The molecule has 2 aromatic carbocycles. The average molecular weight is 267 g/mol. The monoisotopic (exact) mass is 267 g/mol. The summed E-state index contributed by atoms with van der Waals surface area (Å²) in [5.41, 5.74) is -0.500. The van der Waals surface area contributed by atoms with Gasteiger partial charge in [-0.05, 0) is 30.3 Å². The van der Waals surface area contributed by atoms with E-state index in [-0.39, 0.29) is 16.9 Å². The molecule has 98 valence electrons. The van der Waals surface area contributed by atoms with Gasteiger partial charge in [0.25, 0.3) is 0 Å². The number of anilines is 2. The zero-order valence-electron chi connectivity index (χ0n) is 9.45. The van der Waals surface area contributed by atoms with Gasteiger partial charge in [-0.15, -0.1) is 0 Å². The van der Waals surface area contributed by atoms with Crippen LogP contribution in [0.1, 0.15) is 10.4 Å². The molecule has 2 rings (SSSR count). The van der Waals surface area contributed by atoms with E-state index < -0.39 is 23.4 Å². The van der Waals surface area contributed by atoms with Crippen LogP contribution in [0.2, 0.25) is 0 Å². The highest BCUT2D eigenvalue weighted by atomic mass is 19.1. The highest BCUT2D eigenvalue weighted by molar-refractivity contribution is 5.89. The van der Waals surface area contributed by atoms with E-state index in [0.29, 0.717) is 6.07 Å². The molecular weight excluding hydrogens is 259 g/mol. The number of hydrogen-bond donors (Lipinski definition) is 2. The Morgan fingerprint density at radius 3 is 2.32 bits per heavy atom. The van der Waals surface area contributed by atoms with Crippen LogP contribution in [0.4, 0.5) is 24.5 Å². The van der Waals surface area contributed by atoms with Crippen LogP contribution in [0, 0.1) is 17.5 Å². The molecule has 0 atom stereocenters. The van der Waals surface area contributed by atoms with E-state index in [0.717, 1.165) is 30.3 Å². The lowest BCUT2D eigenvalue weighted by atomic mass is 10.2. The van der Waals surface area contributed by atoms with Gasteiger partial charge in [0, 0.05) is 6.07 Å². The van der Waals surface area contributed by atoms with Gasteiger partial charge in [0.1, 0.15) is 17.5 Å². The summed E-state index contributed by atoms with van der Waals surface area (Å²) in [6.45, 7) is 0. The minimum atomic E-state index is -1.23. The lowest BCUT2D eigenvalue weighted by Crippen LogP contribution is -2.01. The molecule has 2 N–H and O–H groups in total. The Labute approximate surface area is 106 Å². The van der Waals surface area contributed by atoms with Crippen molar-refractivity contribution in [1.82, 2.24) is 0 Å². The Morgan fingerprint density at radius 1 is 0.947 bits per heavy atom. The standard InChI is InChI=1S/C13H8F3NO2/c14-8-2-4-11(10(16)6-8)17-12-5-7(13(18)19)1-3-9(12)15/h1-6,17H,(H,18,19). The first-order valence-electron chi connectivity index (χ1n) is 5.22. The molecule has 0 radical (unpaired) electrons. The summed E-state index contributed by atoms with van der Waals surface area (Å²) in [6.07, 6.45) is 0. The Morgan fingerprint density at radius 2 is 1.68 bits per heavy atom. The summed E-state index contributed by atoms with van der Waals surface area (Å²) in [7, 11) is 0. The predicted octanol–water partition coefficient (Wildman–Crippen LogP) is 3.55. The maximum atomic E-state index is 13.5. The molecule has 0 amide bonds. The Kier molecular flexibility index (Phi) is 3.41. The van der Waals surface area contributed by atoms with Gasteiger partial charge in [-0.1, -0.05) is 0 Å². The molecular formula is C13H8F3NO2. The number of benzene rings is 2. The summed E-state index contributed by atoms with van der Waals surface area (Å²) in [5, 5.41) is 11.2. The number of nitrogens with one attached hydrogen (secondary N) is 1. The van der Waals surface area contributed by atoms with Gasteiger partial charge in [0.05, 0.1) is 16.9 Å². The fraction of sp³-hybridized carbons (Fsp3) is 0. The van der Waals surface area contributed by atoms with E-state index in [9.17, 15) is 18.0 Å². The Bertz CT molecular complexity index is 644. The van der Waals surface area contributed by atoms with Gasteiger partial charge >= 0.3 is 5.97 Å². The fourth-order valence-corrected chi connectivity index (χ4v) is 1.49. The van der Waals surface area contributed by atoms with E-state index in [1.165, 1.54) is 0 Å². The van der Waals surface area contributed by atoms with Crippen molar-refractivity contribution in [3.63, 3.8) is 0 Å². The average Bonchev–Trinajstić information content (AvgIpc) is 2.34. The zero-order valence-corrected chi connectivity index (χ0v) is 9.45. The van der Waals surface area contributed by atoms with Crippen molar-refractivity contribution in [3.05, 3.63) is 59.4 Å². The fourth-order valence-electron chi connectivity index (χ4n) is 1.49. The van der Waals surface area contributed by atoms with Gasteiger partial charge in [-0.25, -0.2) is 18.0 Å². The van der Waals surface area contributed by atoms with Crippen molar-refractivity contribution in [1.29, 1.82) is 0 Å². The van der Waals surface area contributed by atoms with Gasteiger partial charge < -0.3 is 10.4 Å². The van der Waals surface area contributed by atoms with Crippen LogP contribution in [0.15, 0.2) is 36.4 Å². The first-order chi connectivity index (χ1) is 8.97. The molecule has 2 aromatic rings. The second-order valence-corrected chi connectivity index (χ2v) is 3.75. The molecule has 0 heterocycles. The third-order valence-electron chi connectivity index (χ3n) is 2.41. The summed E-state index contributed by atoms with van der Waals surface area (Å²) in [4.78, 5) is 10.8. The normalized spacial score (nSPS) is 10.3. The second kappa shape index (κ2) is 5.01. The number of hydrogen-bond acceptors (Lipinski definition) is 2. The van der Waals surface area contributed by atoms with Crippen LogP contribution < -0.4 is 5.32 Å². The van der Waals surface area contributed by atoms with E-state index in [1.54, 1.807) is 0 Å². The van der Waals surface area contributed by atoms with Crippen LogP contribution >= 0.6 is 0 Å². The molecule has 0 saturated heterocycles. The third kappa shape index (κ3) is 2.85. The molecule has 0 fully saturated rings. The number of carboxylic acid groups (broad SMARTS) is 1. The molecule has 0 bridgehead atoms. The Hall–Kier alpha value is -2.50. The minimum absolute atomic E-state index is 0.147. The highest BCUT2D eigenvalue weighted by Crippen LogP contribution is 2.24. The lowest BCUT2D eigenvalue weighted by Gasteiger charge is -2.09. The number of carbonyl (C=O) groups is 1. The molecule has 3 nitrogen and oxygen atoms in total. The van der Waals surface area contributed by atoms with E-state index in [4.69, 9.17) is 5.11 Å². The SMILES string of the molecule is O=C(O)c1ccc(F)c(Nc2ccc(F)cc2F)c1. The lowest BCUT2D eigenvalue weighted by molar-refractivity contribution is 0.0697. The van der Waals surface area contributed by atoms with E-state index in [1.807, 2.05) is 0 Å². The van der Waals surface area contributed by atoms with Crippen molar-refractivity contribution in [2.45, 2.75) is 0 Å². The largest absolute Gasteiger partial charge is 0.478 e. The molecule has 0 saturated carbocycles. The van der Waals surface area contributed by atoms with Crippen molar-refractivity contribution in [3.8, 4) is 0 Å². The summed E-state index contributed by atoms with van der Waals surface area (Å²) >= 11 is 0. The van der Waals surface area contributed by atoms with Gasteiger partial charge in [0.15, 0.2) is 0 Å². The molecule has 0 aliphatic heterocycles. The topological polar surface area (TPSA) is 49.3 Å².